The minimum Gasteiger partial charge on any atom is -0.256 e. The van der Waals surface area contributed by atoms with E-state index < -0.39 is 0 Å². The molecule has 0 amide bonds. The van der Waals surface area contributed by atoms with Crippen molar-refractivity contribution in [2.24, 2.45) is 5.41 Å². The zero-order valence-electron chi connectivity index (χ0n) is 17.3. The van der Waals surface area contributed by atoms with Crippen LogP contribution >= 0.6 is 0 Å². The topological polar surface area (TPSA) is 25.8 Å². The number of nitrogens with zero attached hydrogens (tertiary/aromatic N) is 2. The highest BCUT2D eigenvalue weighted by Gasteiger charge is 2.36. The Hall–Kier alpha value is -2.74. The third kappa shape index (κ3) is 2.55. The summed E-state index contributed by atoms with van der Waals surface area (Å²) < 4.78 is 0. The molecule has 0 bridgehead atoms. The molecule has 2 heteroatoms. The van der Waals surface area contributed by atoms with Crippen molar-refractivity contribution in [3.05, 3.63) is 71.5 Å². The molecule has 4 aromatic rings. The van der Waals surface area contributed by atoms with E-state index in [1.54, 1.807) is 0 Å². The number of pyridine rings is 2. The summed E-state index contributed by atoms with van der Waals surface area (Å²) in [5.41, 5.74) is 7.26. The molecule has 0 atom stereocenters. The lowest BCUT2D eigenvalue weighted by Gasteiger charge is -2.34. The molecule has 1 aliphatic rings. The van der Waals surface area contributed by atoms with Crippen molar-refractivity contribution in [3.63, 3.8) is 0 Å². The van der Waals surface area contributed by atoms with Gasteiger partial charge < -0.3 is 0 Å². The van der Waals surface area contributed by atoms with Gasteiger partial charge >= 0.3 is 0 Å². The van der Waals surface area contributed by atoms with Crippen LogP contribution in [0.1, 0.15) is 51.4 Å². The predicted molar refractivity (Wildman–Crippen MR) is 118 cm³/mol. The number of rotatable bonds is 1. The van der Waals surface area contributed by atoms with Crippen LogP contribution in [0, 0.1) is 5.41 Å². The highest BCUT2D eigenvalue weighted by atomic mass is 14.8. The van der Waals surface area contributed by atoms with Gasteiger partial charge in [-0.05, 0) is 46.5 Å². The third-order valence-electron chi connectivity index (χ3n) is 5.90. The van der Waals surface area contributed by atoms with Crippen LogP contribution < -0.4 is 0 Å². The lowest BCUT2D eigenvalue weighted by atomic mass is 9.71. The van der Waals surface area contributed by atoms with Gasteiger partial charge in [0, 0.05) is 27.9 Å². The largest absolute Gasteiger partial charge is 0.256 e. The molecule has 0 unspecified atom stereocenters. The van der Waals surface area contributed by atoms with Crippen LogP contribution in [0.3, 0.4) is 0 Å². The Morgan fingerprint density at radius 1 is 0.929 bits per heavy atom. The first kappa shape index (κ1) is 17.4. The molecule has 5 rings (SSSR count). The number of benzene rings is 2. The molecule has 2 aromatic carbocycles. The Kier molecular flexibility index (Phi) is 3.49. The fourth-order valence-corrected chi connectivity index (χ4v) is 4.69. The number of hydrogen-bond donors (Lipinski definition) is 0. The van der Waals surface area contributed by atoms with E-state index >= 15 is 0 Å². The van der Waals surface area contributed by atoms with E-state index in [-0.39, 0.29) is 10.8 Å². The van der Waals surface area contributed by atoms with Gasteiger partial charge in [0.1, 0.15) is 0 Å². The Morgan fingerprint density at radius 2 is 1.71 bits per heavy atom. The van der Waals surface area contributed by atoms with Crippen molar-refractivity contribution in [1.29, 1.82) is 0 Å². The summed E-state index contributed by atoms with van der Waals surface area (Å²) in [5, 5.41) is 3.74. The fourth-order valence-electron chi connectivity index (χ4n) is 4.69. The lowest BCUT2D eigenvalue weighted by molar-refractivity contribution is 0.411. The fraction of sp³-hybridized carbons (Fsp3) is 0.308. The standard InChI is InChI=1S/C26H26N2/c1-25(2,3)15-16-12-18-10-11-27-23-19-14-17-8-6-7-9-21(17)28-24(19)26(4,5)20(13-16)22(18)23/h6-14H,15H2,1-5H3. The zero-order valence-corrected chi connectivity index (χ0v) is 17.3. The Labute approximate surface area is 166 Å². The van der Waals surface area contributed by atoms with E-state index in [1.165, 1.54) is 32.8 Å². The second-order valence-corrected chi connectivity index (χ2v) is 9.84. The summed E-state index contributed by atoms with van der Waals surface area (Å²) in [6.45, 7) is 11.5. The third-order valence-corrected chi connectivity index (χ3v) is 5.90. The number of fused-ring (bicyclic) bond motifs is 3. The van der Waals surface area contributed by atoms with Crippen LogP contribution in [-0.2, 0) is 11.8 Å². The smallest absolute Gasteiger partial charge is 0.0802 e. The van der Waals surface area contributed by atoms with E-state index in [2.05, 4.69) is 83.1 Å². The Morgan fingerprint density at radius 3 is 2.50 bits per heavy atom. The second-order valence-electron chi connectivity index (χ2n) is 9.84. The van der Waals surface area contributed by atoms with E-state index in [0.29, 0.717) is 0 Å². The molecule has 0 saturated heterocycles. The summed E-state index contributed by atoms with van der Waals surface area (Å²) in [7, 11) is 0. The Balaban J connectivity index is 1.87. The molecule has 2 nitrogen and oxygen atoms in total. The maximum absolute atomic E-state index is 5.12. The van der Waals surface area contributed by atoms with Crippen LogP contribution in [0.25, 0.3) is 32.9 Å². The summed E-state index contributed by atoms with van der Waals surface area (Å²) >= 11 is 0. The normalized spacial score (nSPS) is 15.0. The van der Waals surface area contributed by atoms with Crippen molar-refractivity contribution in [2.75, 3.05) is 0 Å². The first-order valence-electron chi connectivity index (χ1n) is 10.1. The van der Waals surface area contributed by atoms with Gasteiger partial charge in [-0.1, -0.05) is 65.0 Å². The maximum atomic E-state index is 5.12. The minimum absolute atomic E-state index is 0.165. The second kappa shape index (κ2) is 5.64. The zero-order chi connectivity index (χ0) is 19.7. The maximum Gasteiger partial charge on any atom is 0.0802 e. The van der Waals surface area contributed by atoms with Gasteiger partial charge in [-0.2, -0.15) is 0 Å². The van der Waals surface area contributed by atoms with Crippen LogP contribution in [0.4, 0.5) is 0 Å². The minimum atomic E-state index is -0.165. The Bertz CT molecular complexity index is 1240. The highest BCUT2D eigenvalue weighted by molar-refractivity contribution is 6.03. The number of aromatic nitrogens is 2. The first-order chi connectivity index (χ1) is 13.2. The first-order valence-corrected chi connectivity index (χ1v) is 10.1. The molecular weight excluding hydrogens is 340 g/mol. The molecule has 0 aliphatic heterocycles. The summed E-state index contributed by atoms with van der Waals surface area (Å²) in [5.74, 6) is 0. The average molecular weight is 367 g/mol. The van der Waals surface area contributed by atoms with Crippen LogP contribution in [0.15, 0.2) is 54.7 Å². The summed E-state index contributed by atoms with van der Waals surface area (Å²) in [6, 6.07) is 17.6. The van der Waals surface area contributed by atoms with Crippen LogP contribution in [0.2, 0.25) is 0 Å². The van der Waals surface area contributed by atoms with E-state index in [0.717, 1.165) is 23.3 Å². The van der Waals surface area contributed by atoms with Crippen molar-refractivity contribution < 1.29 is 0 Å². The van der Waals surface area contributed by atoms with Gasteiger partial charge in [-0.25, -0.2) is 0 Å². The molecule has 28 heavy (non-hydrogen) atoms. The molecule has 0 fully saturated rings. The molecular formula is C26H26N2. The molecule has 2 aromatic heterocycles. The number of para-hydroxylation sites is 1. The van der Waals surface area contributed by atoms with Crippen LogP contribution in [0.5, 0.6) is 0 Å². The van der Waals surface area contributed by atoms with E-state index in [1.807, 2.05) is 6.20 Å². The van der Waals surface area contributed by atoms with Crippen molar-refractivity contribution in [3.8, 4) is 11.3 Å². The highest BCUT2D eigenvalue weighted by Crippen LogP contribution is 2.48. The molecule has 2 heterocycles. The van der Waals surface area contributed by atoms with E-state index in [9.17, 15) is 0 Å². The van der Waals surface area contributed by atoms with Crippen LogP contribution in [-0.4, -0.2) is 9.97 Å². The quantitative estimate of drug-likeness (QED) is 0.375. The average Bonchev–Trinajstić information content (AvgIpc) is 2.63. The molecule has 1 aliphatic carbocycles. The van der Waals surface area contributed by atoms with Crippen molar-refractivity contribution in [2.45, 2.75) is 46.5 Å². The predicted octanol–water partition coefficient (Wildman–Crippen LogP) is 6.68. The van der Waals surface area contributed by atoms with Crippen molar-refractivity contribution >= 4 is 21.7 Å². The van der Waals surface area contributed by atoms with Gasteiger partial charge in [-0.15, -0.1) is 0 Å². The summed E-state index contributed by atoms with van der Waals surface area (Å²) in [4.78, 5) is 9.93. The summed E-state index contributed by atoms with van der Waals surface area (Å²) in [6.07, 6.45) is 3.00. The molecule has 0 N–H and O–H groups in total. The SMILES string of the molecule is CC(C)(C)Cc1cc2c3c(nccc3c1)-c1cc3ccccc3nc1C2(C)C. The molecule has 0 saturated carbocycles. The molecule has 140 valence electrons. The van der Waals surface area contributed by atoms with Gasteiger partial charge in [0.15, 0.2) is 0 Å². The van der Waals surface area contributed by atoms with Crippen molar-refractivity contribution in [1.82, 2.24) is 9.97 Å². The monoisotopic (exact) mass is 366 g/mol. The van der Waals surface area contributed by atoms with E-state index in [4.69, 9.17) is 9.97 Å². The molecule has 0 radical (unpaired) electrons. The van der Waals surface area contributed by atoms with Gasteiger partial charge in [0.05, 0.1) is 16.9 Å². The van der Waals surface area contributed by atoms with Gasteiger partial charge in [-0.3, -0.25) is 9.97 Å². The lowest BCUT2D eigenvalue weighted by Crippen LogP contribution is -2.26. The number of hydrogen-bond acceptors (Lipinski definition) is 2. The van der Waals surface area contributed by atoms with Gasteiger partial charge in [0.2, 0.25) is 0 Å². The molecule has 0 spiro atoms. The van der Waals surface area contributed by atoms with Gasteiger partial charge in [0.25, 0.3) is 0 Å².